The molecule has 43 heavy (non-hydrogen) atoms. The second-order valence-electron chi connectivity index (χ2n) is 11.4. The van der Waals surface area contributed by atoms with Crippen LogP contribution in [-0.2, 0) is 25.5 Å². The number of carbonyl (C=O) groups excluding carboxylic acids is 3. The van der Waals surface area contributed by atoms with Crippen LogP contribution in [0.1, 0.15) is 31.2 Å². The number of fused-ring (bicyclic) bond motifs is 1. The van der Waals surface area contributed by atoms with Crippen molar-refractivity contribution < 1.29 is 29.0 Å². The van der Waals surface area contributed by atoms with E-state index in [1.54, 1.807) is 53.0 Å². The van der Waals surface area contributed by atoms with Gasteiger partial charge in [0.2, 0.25) is 5.91 Å². The van der Waals surface area contributed by atoms with E-state index in [0.29, 0.717) is 37.1 Å². The van der Waals surface area contributed by atoms with Crippen molar-refractivity contribution in [3.8, 4) is 5.75 Å². The summed E-state index contributed by atoms with van der Waals surface area (Å²) in [5.41, 5.74) is 1.60. The van der Waals surface area contributed by atoms with Crippen LogP contribution in [0.5, 0.6) is 5.75 Å². The highest BCUT2D eigenvalue weighted by atomic mass is 32.2. The average molecular weight is 605 g/mol. The number of benzene rings is 2. The lowest BCUT2D eigenvalue weighted by Gasteiger charge is -2.39. The minimum atomic E-state index is -0.874. The van der Waals surface area contributed by atoms with Gasteiger partial charge in [-0.3, -0.25) is 14.4 Å². The van der Waals surface area contributed by atoms with Gasteiger partial charge in [0.05, 0.1) is 42.9 Å². The van der Waals surface area contributed by atoms with Gasteiger partial charge in [0, 0.05) is 17.5 Å². The molecule has 228 valence electrons. The average Bonchev–Trinajstić information content (AvgIpc) is 3.68. The first-order valence-electron chi connectivity index (χ1n) is 14.9. The van der Waals surface area contributed by atoms with Crippen molar-refractivity contribution in [3.05, 3.63) is 85.5 Å². The minimum absolute atomic E-state index is 0.103. The van der Waals surface area contributed by atoms with Crippen molar-refractivity contribution in [3.63, 3.8) is 0 Å². The highest BCUT2D eigenvalue weighted by molar-refractivity contribution is 8.02. The third kappa shape index (κ3) is 5.72. The fourth-order valence-electron chi connectivity index (χ4n) is 7.03. The molecule has 0 radical (unpaired) electrons. The maximum absolute atomic E-state index is 14.8. The summed E-state index contributed by atoms with van der Waals surface area (Å²) < 4.78 is 10.2. The minimum Gasteiger partial charge on any atom is -0.497 e. The van der Waals surface area contributed by atoms with Crippen LogP contribution in [0.15, 0.2) is 79.9 Å². The number of hydrogen-bond acceptors (Lipinski definition) is 7. The van der Waals surface area contributed by atoms with Gasteiger partial charge in [0.1, 0.15) is 11.8 Å². The summed E-state index contributed by atoms with van der Waals surface area (Å²) in [4.78, 5) is 46.1. The second-order valence-corrected chi connectivity index (χ2v) is 13.0. The van der Waals surface area contributed by atoms with Gasteiger partial charge < -0.3 is 24.4 Å². The van der Waals surface area contributed by atoms with E-state index < -0.39 is 28.7 Å². The Morgan fingerprint density at radius 2 is 1.91 bits per heavy atom. The summed E-state index contributed by atoms with van der Waals surface area (Å²) in [6, 6.07) is 15.3. The predicted molar refractivity (Wildman–Crippen MR) is 168 cm³/mol. The first-order chi connectivity index (χ1) is 20.9. The Bertz CT molecular complexity index is 1330. The number of allylic oxidation sites excluding steroid dienone is 1. The summed E-state index contributed by atoms with van der Waals surface area (Å²) in [7, 11) is 1.58. The molecule has 2 aromatic rings. The van der Waals surface area contributed by atoms with Crippen LogP contribution in [0, 0.1) is 11.8 Å². The standard InChI is InChI=1S/C34H40N2O6S/c1-4-6-10-20-42-33(40)28-27-17-18-34(43-27)29(28)31(38)36(25(22-37)21-23-11-8-7-9-12-23)30(34)32(39)35(19-5-2)24-13-15-26(41-3)16-14-24/h4-5,7-9,11-16,25,27-30,37H,1-2,6,10,17-22H2,3H3/t25-,27+,28-,29+,30?,34?/m1/s1. The molecule has 2 bridgehead atoms. The molecule has 3 saturated heterocycles. The van der Waals surface area contributed by atoms with Gasteiger partial charge in [-0.1, -0.05) is 42.5 Å². The van der Waals surface area contributed by atoms with Crippen molar-refractivity contribution in [1.29, 1.82) is 0 Å². The highest BCUT2D eigenvalue weighted by Crippen LogP contribution is 2.67. The fourth-order valence-corrected chi connectivity index (χ4v) is 9.21. The Morgan fingerprint density at radius 1 is 1.16 bits per heavy atom. The Hall–Kier alpha value is -3.56. The van der Waals surface area contributed by atoms with E-state index in [-0.39, 0.29) is 42.8 Å². The zero-order chi connectivity index (χ0) is 30.6. The van der Waals surface area contributed by atoms with Crippen LogP contribution in [0.4, 0.5) is 5.69 Å². The number of amides is 2. The van der Waals surface area contributed by atoms with Gasteiger partial charge in [0.25, 0.3) is 5.91 Å². The molecule has 3 aliphatic heterocycles. The number of ether oxygens (including phenoxy) is 2. The predicted octanol–water partition coefficient (Wildman–Crippen LogP) is 4.42. The largest absolute Gasteiger partial charge is 0.497 e. The van der Waals surface area contributed by atoms with Gasteiger partial charge in [-0.2, -0.15) is 0 Å². The Kier molecular flexibility index (Phi) is 9.62. The number of aliphatic hydroxyl groups excluding tert-OH is 1. The van der Waals surface area contributed by atoms with Crippen molar-refractivity contribution >= 4 is 35.2 Å². The second kappa shape index (κ2) is 13.4. The van der Waals surface area contributed by atoms with Crippen LogP contribution < -0.4 is 9.64 Å². The Morgan fingerprint density at radius 3 is 2.56 bits per heavy atom. The number of aliphatic hydroxyl groups is 1. The zero-order valence-corrected chi connectivity index (χ0v) is 25.4. The first-order valence-corrected chi connectivity index (χ1v) is 15.8. The van der Waals surface area contributed by atoms with Crippen molar-refractivity contribution in [2.75, 3.05) is 31.8 Å². The molecule has 9 heteroatoms. The van der Waals surface area contributed by atoms with Gasteiger partial charge >= 0.3 is 5.97 Å². The molecular formula is C34H40N2O6S. The number of anilines is 1. The molecule has 2 unspecified atom stereocenters. The smallest absolute Gasteiger partial charge is 0.310 e. The summed E-state index contributed by atoms with van der Waals surface area (Å²) >= 11 is 1.59. The third-order valence-electron chi connectivity index (χ3n) is 8.92. The molecular weight excluding hydrogens is 564 g/mol. The van der Waals surface area contributed by atoms with E-state index in [9.17, 15) is 19.5 Å². The van der Waals surface area contributed by atoms with E-state index in [4.69, 9.17) is 9.47 Å². The highest BCUT2D eigenvalue weighted by Gasteiger charge is 2.74. The number of hydrogen-bond donors (Lipinski definition) is 1. The van der Waals surface area contributed by atoms with Crippen molar-refractivity contribution in [1.82, 2.24) is 4.90 Å². The number of methoxy groups -OCH3 is 1. The van der Waals surface area contributed by atoms with E-state index in [2.05, 4.69) is 13.2 Å². The fraction of sp³-hybridized carbons (Fsp3) is 0.441. The number of unbranched alkanes of at least 4 members (excludes halogenated alkanes) is 1. The van der Waals surface area contributed by atoms with Gasteiger partial charge in [-0.15, -0.1) is 24.9 Å². The zero-order valence-electron chi connectivity index (χ0n) is 24.6. The summed E-state index contributed by atoms with van der Waals surface area (Å²) in [6.07, 6.45) is 6.56. The van der Waals surface area contributed by atoms with Crippen molar-refractivity contribution in [2.24, 2.45) is 11.8 Å². The first kappa shape index (κ1) is 30.9. The SMILES string of the molecule is C=CCCCOC(=O)[C@@H]1[C@@H]2CCC3(S2)C(C(=O)N(CC=C)c2ccc(OC)cc2)N([C@@H](CO)Cc2ccccc2)C(=O)[C@H]13. The van der Waals surface area contributed by atoms with E-state index in [1.165, 1.54) is 0 Å². The topological polar surface area (TPSA) is 96.4 Å². The molecule has 3 heterocycles. The number of nitrogens with zero attached hydrogens (tertiary/aromatic N) is 2. The maximum Gasteiger partial charge on any atom is 0.310 e. The molecule has 2 aromatic carbocycles. The maximum atomic E-state index is 14.8. The molecule has 8 nitrogen and oxygen atoms in total. The van der Waals surface area contributed by atoms with Crippen LogP contribution >= 0.6 is 11.8 Å². The molecule has 5 rings (SSSR count). The monoisotopic (exact) mass is 604 g/mol. The van der Waals surface area contributed by atoms with Crippen LogP contribution in [-0.4, -0.2) is 76.7 Å². The van der Waals surface area contributed by atoms with Crippen LogP contribution in [0.25, 0.3) is 0 Å². The molecule has 3 aliphatic rings. The number of rotatable bonds is 14. The molecule has 2 amide bonds. The molecule has 6 atom stereocenters. The lowest BCUT2D eigenvalue weighted by atomic mass is 9.71. The lowest BCUT2D eigenvalue weighted by Crippen LogP contribution is -2.58. The molecule has 0 aliphatic carbocycles. The van der Waals surface area contributed by atoms with Crippen LogP contribution in [0.2, 0.25) is 0 Å². The molecule has 1 spiro atoms. The number of carbonyl (C=O) groups is 3. The summed E-state index contributed by atoms with van der Waals surface area (Å²) in [5, 5.41) is 10.6. The number of esters is 1. The summed E-state index contributed by atoms with van der Waals surface area (Å²) in [5.74, 6) is -1.57. The normalized spacial score (nSPS) is 26.1. The van der Waals surface area contributed by atoms with Gasteiger partial charge in [-0.25, -0.2) is 0 Å². The lowest BCUT2D eigenvalue weighted by molar-refractivity contribution is -0.154. The molecule has 0 aromatic heterocycles. The van der Waals surface area contributed by atoms with E-state index >= 15 is 0 Å². The number of likely N-dealkylation sites (tertiary alicyclic amines) is 1. The van der Waals surface area contributed by atoms with E-state index in [0.717, 1.165) is 12.0 Å². The van der Waals surface area contributed by atoms with Gasteiger partial charge in [0.15, 0.2) is 0 Å². The number of thioether (sulfide) groups is 1. The van der Waals surface area contributed by atoms with Crippen molar-refractivity contribution in [2.45, 2.75) is 54.2 Å². The molecule has 3 fully saturated rings. The molecule has 1 N–H and O–H groups in total. The Labute approximate surface area is 257 Å². The Balaban J connectivity index is 1.54. The van der Waals surface area contributed by atoms with E-state index in [1.807, 2.05) is 42.5 Å². The summed E-state index contributed by atoms with van der Waals surface area (Å²) in [6.45, 7) is 7.78. The third-order valence-corrected chi connectivity index (χ3v) is 10.9. The molecule has 0 saturated carbocycles. The van der Waals surface area contributed by atoms with Gasteiger partial charge in [-0.05, 0) is 61.9 Å². The van der Waals surface area contributed by atoms with Crippen LogP contribution in [0.3, 0.4) is 0 Å². The quantitative estimate of drug-likeness (QED) is 0.194.